The second kappa shape index (κ2) is 3.23. The predicted octanol–water partition coefficient (Wildman–Crippen LogP) is 3.05. The molecule has 0 spiro atoms. The fourth-order valence-electron chi connectivity index (χ4n) is 1.94. The number of pyridine rings is 1. The SMILES string of the molecule is Cc1cc(N)c2nc(C)c(C)c(C)c2c1. The van der Waals surface area contributed by atoms with E-state index in [-0.39, 0.29) is 0 Å². The molecule has 0 amide bonds. The number of hydrogen-bond donors (Lipinski definition) is 1. The molecule has 2 aromatic rings. The summed E-state index contributed by atoms with van der Waals surface area (Å²) in [5.74, 6) is 0. The average molecular weight is 200 g/mol. The van der Waals surface area contributed by atoms with Crippen LogP contribution in [-0.2, 0) is 0 Å². The molecule has 1 heterocycles. The van der Waals surface area contributed by atoms with Crippen molar-refractivity contribution in [1.82, 2.24) is 4.98 Å². The molecule has 0 saturated carbocycles. The lowest BCUT2D eigenvalue weighted by Crippen LogP contribution is -1.98. The Labute approximate surface area is 90.1 Å². The molecular formula is C13H16N2. The van der Waals surface area contributed by atoms with Gasteiger partial charge in [-0.1, -0.05) is 0 Å². The van der Waals surface area contributed by atoms with Gasteiger partial charge in [0.15, 0.2) is 0 Å². The van der Waals surface area contributed by atoms with Crippen LogP contribution in [0.15, 0.2) is 12.1 Å². The van der Waals surface area contributed by atoms with E-state index in [1.165, 1.54) is 22.1 Å². The fourth-order valence-corrected chi connectivity index (χ4v) is 1.94. The summed E-state index contributed by atoms with van der Waals surface area (Å²) in [6.07, 6.45) is 0. The summed E-state index contributed by atoms with van der Waals surface area (Å²) in [7, 11) is 0. The van der Waals surface area contributed by atoms with Gasteiger partial charge in [-0.2, -0.15) is 0 Å². The zero-order valence-electron chi connectivity index (χ0n) is 9.68. The van der Waals surface area contributed by atoms with Gasteiger partial charge in [-0.3, -0.25) is 4.98 Å². The van der Waals surface area contributed by atoms with Gasteiger partial charge in [0, 0.05) is 11.1 Å². The van der Waals surface area contributed by atoms with Crippen molar-refractivity contribution in [3.63, 3.8) is 0 Å². The summed E-state index contributed by atoms with van der Waals surface area (Å²) in [4.78, 5) is 4.55. The fraction of sp³-hybridized carbons (Fsp3) is 0.308. The van der Waals surface area contributed by atoms with Crippen LogP contribution >= 0.6 is 0 Å². The Morgan fingerprint density at radius 3 is 2.33 bits per heavy atom. The highest BCUT2D eigenvalue weighted by Gasteiger charge is 2.08. The van der Waals surface area contributed by atoms with Crippen LogP contribution in [0.2, 0.25) is 0 Å². The highest BCUT2D eigenvalue weighted by Crippen LogP contribution is 2.27. The summed E-state index contributed by atoms with van der Waals surface area (Å²) >= 11 is 0. The van der Waals surface area contributed by atoms with Crippen LogP contribution in [0, 0.1) is 27.7 Å². The first-order chi connectivity index (χ1) is 7.00. The summed E-state index contributed by atoms with van der Waals surface area (Å²) in [5, 5.41) is 1.18. The molecule has 15 heavy (non-hydrogen) atoms. The molecule has 2 heteroatoms. The number of fused-ring (bicyclic) bond motifs is 1. The lowest BCUT2D eigenvalue weighted by Gasteiger charge is -2.11. The zero-order chi connectivity index (χ0) is 11.2. The zero-order valence-corrected chi connectivity index (χ0v) is 9.68. The maximum absolute atomic E-state index is 5.98. The van der Waals surface area contributed by atoms with Crippen molar-refractivity contribution >= 4 is 16.6 Å². The number of benzene rings is 1. The summed E-state index contributed by atoms with van der Waals surface area (Å²) in [6.45, 7) is 8.33. The molecule has 2 rings (SSSR count). The molecule has 0 atom stereocenters. The van der Waals surface area contributed by atoms with Crippen molar-refractivity contribution in [1.29, 1.82) is 0 Å². The third-order valence-electron chi connectivity index (χ3n) is 3.07. The first kappa shape index (κ1) is 9.97. The van der Waals surface area contributed by atoms with E-state index in [0.717, 1.165) is 16.9 Å². The first-order valence-electron chi connectivity index (χ1n) is 5.14. The standard InChI is InChI=1S/C13H16N2/c1-7-5-11-9(3)8(2)10(4)15-13(11)12(14)6-7/h5-6H,14H2,1-4H3. The minimum absolute atomic E-state index is 0.774. The number of nitrogens with two attached hydrogens (primary N) is 1. The topological polar surface area (TPSA) is 38.9 Å². The third-order valence-corrected chi connectivity index (χ3v) is 3.07. The number of hydrogen-bond acceptors (Lipinski definition) is 2. The second-order valence-corrected chi connectivity index (χ2v) is 4.20. The Morgan fingerprint density at radius 1 is 1.00 bits per heavy atom. The van der Waals surface area contributed by atoms with E-state index in [4.69, 9.17) is 5.73 Å². The molecule has 0 aliphatic rings. The molecule has 0 fully saturated rings. The van der Waals surface area contributed by atoms with Gasteiger partial charge in [-0.05, 0) is 56.5 Å². The normalized spacial score (nSPS) is 10.9. The number of nitrogen functional groups attached to an aromatic ring is 1. The van der Waals surface area contributed by atoms with Gasteiger partial charge in [0.1, 0.15) is 0 Å². The van der Waals surface area contributed by atoms with Crippen molar-refractivity contribution < 1.29 is 0 Å². The molecule has 0 saturated heterocycles. The van der Waals surface area contributed by atoms with Crippen LogP contribution < -0.4 is 5.73 Å². The van der Waals surface area contributed by atoms with E-state index in [1.807, 2.05) is 13.0 Å². The maximum atomic E-state index is 5.98. The molecule has 0 unspecified atom stereocenters. The van der Waals surface area contributed by atoms with E-state index in [1.54, 1.807) is 0 Å². The van der Waals surface area contributed by atoms with Crippen molar-refractivity contribution in [2.45, 2.75) is 27.7 Å². The van der Waals surface area contributed by atoms with Gasteiger partial charge in [-0.15, -0.1) is 0 Å². The van der Waals surface area contributed by atoms with E-state index < -0.39 is 0 Å². The summed E-state index contributed by atoms with van der Waals surface area (Å²) in [5.41, 5.74) is 12.5. The van der Waals surface area contributed by atoms with Gasteiger partial charge in [0.2, 0.25) is 0 Å². The number of anilines is 1. The van der Waals surface area contributed by atoms with E-state index in [0.29, 0.717) is 0 Å². The Hall–Kier alpha value is -1.57. The monoisotopic (exact) mass is 200 g/mol. The van der Waals surface area contributed by atoms with Crippen molar-refractivity contribution in [2.75, 3.05) is 5.73 Å². The van der Waals surface area contributed by atoms with Crippen LogP contribution in [0.25, 0.3) is 10.9 Å². The molecular weight excluding hydrogens is 184 g/mol. The number of aryl methyl sites for hydroxylation is 3. The lowest BCUT2D eigenvalue weighted by molar-refractivity contribution is 1.17. The van der Waals surface area contributed by atoms with E-state index in [2.05, 4.69) is 31.8 Å². The number of nitrogens with zero attached hydrogens (tertiary/aromatic N) is 1. The predicted molar refractivity (Wildman–Crippen MR) is 65.1 cm³/mol. The van der Waals surface area contributed by atoms with Crippen LogP contribution in [0.1, 0.15) is 22.4 Å². The maximum Gasteiger partial charge on any atom is 0.0937 e. The molecule has 2 nitrogen and oxygen atoms in total. The Morgan fingerprint density at radius 2 is 1.67 bits per heavy atom. The quantitative estimate of drug-likeness (QED) is 0.664. The van der Waals surface area contributed by atoms with E-state index >= 15 is 0 Å². The molecule has 1 aromatic heterocycles. The minimum atomic E-state index is 0.774. The van der Waals surface area contributed by atoms with Crippen molar-refractivity contribution in [3.8, 4) is 0 Å². The van der Waals surface area contributed by atoms with Gasteiger partial charge < -0.3 is 5.73 Å². The van der Waals surface area contributed by atoms with Gasteiger partial charge in [0.25, 0.3) is 0 Å². The van der Waals surface area contributed by atoms with E-state index in [9.17, 15) is 0 Å². The van der Waals surface area contributed by atoms with Crippen LogP contribution in [0.4, 0.5) is 5.69 Å². The first-order valence-corrected chi connectivity index (χ1v) is 5.14. The van der Waals surface area contributed by atoms with Crippen LogP contribution in [0.3, 0.4) is 0 Å². The molecule has 1 aromatic carbocycles. The molecule has 0 aliphatic carbocycles. The smallest absolute Gasteiger partial charge is 0.0937 e. The molecule has 0 bridgehead atoms. The summed E-state index contributed by atoms with van der Waals surface area (Å²) < 4.78 is 0. The molecule has 0 aliphatic heterocycles. The molecule has 2 N–H and O–H groups in total. The number of rotatable bonds is 0. The summed E-state index contributed by atoms with van der Waals surface area (Å²) in [6, 6.07) is 4.13. The Bertz CT molecular complexity index is 542. The van der Waals surface area contributed by atoms with Crippen molar-refractivity contribution in [2.24, 2.45) is 0 Å². The minimum Gasteiger partial charge on any atom is -0.397 e. The highest BCUT2D eigenvalue weighted by atomic mass is 14.7. The largest absolute Gasteiger partial charge is 0.397 e. The Balaban J connectivity index is 2.98. The van der Waals surface area contributed by atoms with Crippen LogP contribution in [-0.4, -0.2) is 4.98 Å². The molecule has 0 radical (unpaired) electrons. The van der Waals surface area contributed by atoms with Gasteiger partial charge >= 0.3 is 0 Å². The van der Waals surface area contributed by atoms with Gasteiger partial charge in [0.05, 0.1) is 11.2 Å². The molecule has 78 valence electrons. The highest BCUT2D eigenvalue weighted by molar-refractivity contribution is 5.93. The number of aromatic nitrogens is 1. The third kappa shape index (κ3) is 1.46. The Kier molecular flexibility index (Phi) is 2.14. The second-order valence-electron chi connectivity index (χ2n) is 4.20. The lowest BCUT2D eigenvalue weighted by atomic mass is 10.0. The van der Waals surface area contributed by atoms with Crippen molar-refractivity contribution in [3.05, 3.63) is 34.5 Å². The van der Waals surface area contributed by atoms with Gasteiger partial charge in [-0.25, -0.2) is 0 Å². The van der Waals surface area contributed by atoms with Crippen LogP contribution in [0.5, 0.6) is 0 Å². The average Bonchev–Trinajstić information content (AvgIpc) is 2.17.